The Kier molecular flexibility index (Phi) is 6.04. The number of likely N-dealkylation sites (tertiary alicyclic amines) is 1. The highest BCUT2D eigenvalue weighted by atomic mass is 16.6. The average molecular weight is 364 g/mol. The van der Waals surface area contributed by atoms with Gasteiger partial charge in [0.05, 0.1) is 6.61 Å². The van der Waals surface area contributed by atoms with E-state index >= 15 is 0 Å². The molecule has 0 aromatic heterocycles. The Balaban J connectivity index is 1.43. The third-order valence-corrected chi connectivity index (χ3v) is 7.43. The molecule has 1 amide bonds. The Morgan fingerprint density at radius 2 is 1.65 bits per heavy atom. The number of rotatable bonds is 3. The van der Waals surface area contributed by atoms with E-state index < -0.39 is 0 Å². The minimum Gasteiger partial charge on any atom is -0.450 e. The van der Waals surface area contributed by atoms with Crippen molar-refractivity contribution < 1.29 is 9.53 Å². The van der Waals surface area contributed by atoms with Crippen LogP contribution in [0.3, 0.4) is 0 Å². The molecule has 0 bridgehead atoms. The van der Waals surface area contributed by atoms with Gasteiger partial charge in [-0.05, 0) is 57.9 Å². The highest BCUT2D eigenvalue weighted by molar-refractivity contribution is 5.67. The fourth-order valence-electron chi connectivity index (χ4n) is 6.21. The van der Waals surface area contributed by atoms with Crippen LogP contribution in [0.2, 0.25) is 0 Å². The third kappa shape index (κ3) is 3.75. The molecule has 5 heteroatoms. The van der Waals surface area contributed by atoms with Gasteiger partial charge in [-0.1, -0.05) is 19.3 Å². The maximum atomic E-state index is 12.0. The highest BCUT2D eigenvalue weighted by Crippen LogP contribution is 2.39. The summed E-state index contributed by atoms with van der Waals surface area (Å²) < 4.78 is 5.20. The monoisotopic (exact) mass is 363 g/mol. The Hall–Kier alpha value is -0.810. The van der Waals surface area contributed by atoms with Crippen molar-refractivity contribution in [3.05, 3.63) is 0 Å². The standard InChI is InChI=1S/C21H37N3O2/c1-2-26-21(25)23-13-10-18(11-14-23)24-16-15-22-12-6-9-19(22)20(24)17-7-4-3-5-8-17/h17-20H,2-16H2,1H3/t19-,20-/m1/s1. The van der Waals surface area contributed by atoms with Crippen LogP contribution in [-0.4, -0.2) is 78.2 Å². The number of ether oxygens (including phenoxy) is 1. The van der Waals surface area contributed by atoms with E-state index in [0.717, 1.165) is 43.9 Å². The molecule has 26 heavy (non-hydrogen) atoms. The van der Waals surface area contributed by atoms with Crippen LogP contribution >= 0.6 is 0 Å². The van der Waals surface area contributed by atoms with Gasteiger partial charge in [0.1, 0.15) is 0 Å². The van der Waals surface area contributed by atoms with Crippen molar-refractivity contribution in [1.82, 2.24) is 14.7 Å². The molecule has 4 aliphatic rings. The first-order valence-electron chi connectivity index (χ1n) is 11.2. The number of amides is 1. The van der Waals surface area contributed by atoms with Gasteiger partial charge in [-0.25, -0.2) is 4.79 Å². The Labute approximate surface area is 159 Å². The zero-order valence-electron chi connectivity index (χ0n) is 16.6. The summed E-state index contributed by atoms with van der Waals surface area (Å²) in [7, 11) is 0. The summed E-state index contributed by atoms with van der Waals surface area (Å²) in [6.45, 7) is 7.92. The molecule has 0 aromatic carbocycles. The molecule has 1 aliphatic carbocycles. The number of fused-ring (bicyclic) bond motifs is 1. The average Bonchev–Trinajstić information content (AvgIpc) is 3.17. The molecule has 148 valence electrons. The van der Waals surface area contributed by atoms with E-state index in [2.05, 4.69) is 9.80 Å². The van der Waals surface area contributed by atoms with Crippen LogP contribution in [0.15, 0.2) is 0 Å². The molecule has 2 atom stereocenters. The lowest BCUT2D eigenvalue weighted by atomic mass is 9.78. The van der Waals surface area contributed by atoms with Crippen molar-refractivity contribution >= 4 is 6.09 Å². The summed E-state index contributed by atoms with van der Waals surface area (Å²) in [4.78, 5) is 19.6. The van der Waals surface area contributed by atoms with Crippen LogP contribution < -0.4 is 0 Å². The van der Waals surface area contributed by atoms with Gasteiger partial charge in [0.25, 0.3) is 0 Å². The summed E-state index contributed by atoms with van der Waals surface area (Å²) in [6, 6.07) is 2.23. The molecule has 0 radical (unpaired) electrons. The first-order chi connectivity index (χ1) is 12.8. The highest BCUT2D eigenvalue weighted by Gasteiger charge is 2.45. The maximum absolute atomic E-state index is 12.0. The number of carbonyl (C=O) groups is 1. The first-order valence-corrected chi connectivity index (χ1v) is 11.2. The van der Waals surface area contributed by atoms with Gasteiger partial charge in [0, 0.05) is 44.3 Å². The molecule has 3 saturated heterocycles. The van der Waals surface area contributed by atoms with Gasteiger partial charge in [0.15, 0.2) is 0 Å². The van der Waals surface area contributed by atoms with Crippen molar-refractivity contribution in [1.29, 1.82) is 0 Å². The van der Waals surface area contributed by atoms with Crippen LogP contribution in [-0.2, 0) is 4.74 Å². The molecule has 3 heterocycles. The fourth-order valence-corrected chi connectivity index (χ4v) is 6.21. The topological polar surface area (TPSA) is 36.0 Å². The molecule has 5 nitrogen and oxygen atoms in total. The van der Waals surface area contributed by atoms with Gasteiger partial charge in [-0.2, -0.15) is 0 Å². The van der Waals surface area contributed by atoms with E-state index in [4.69, 9.17) is 4.74 Å². The Bertz CT molecular complexity index is 472. The zero-order valence-corrected chi connectivity index (χ0v) is 16.6. The molecule has 0 unspecified atom stereocenters. The van der Waals surface area contributed by atoms with Gasteiger partial charge in [-0.3, -0.25) is 9.80 Å². The second-order valence-electron chi connectivity index (χ2n) is 8.79. The lowest BCUT2D eigenvalue weighted by molar-refractivity contribution is -0.0382. The molecule has 0 aromatic rings. The van der Waals surface area contributed by atoms with Crippen molar-refractivity contribution in [3.63, 3.8) is 0 Å². The Morgan fingerprint density at radius 1 is 0.885 bits per heavy atom. The van der Waals surface area contributed by atoms with Crippen molar-refractivity contribution in [2.24, 2.45) is 5.92 Å². The van der Waals surface area contributed by atoms with E-state index in [1.54, 1.807) is 0 Å². The summed E-state index contributed by atoms with van der Waals surface area (Å²) in [5.74, 6) is 0.901. The van der Waals surface area contributed by atoms with E-state index in [1.807, 2.05) is 11.8 Å². The van der Waals surface area contributed by atoms with E-state index in [-0.39, 0.29) is 6.09 Å². The predicted molar refractivity (Wildman–Crippen MR) is 103 cm³/mol. The van der Waals surface area contributed by atoms with E-state index in [9.17, 15) is 4.79 Å². The van der Waals surface area contributed by atoms with Crippen LogP contribution in [0.1, 0.15) is 64.7 Å². The zero-order chi connectivity index (χ0) is 17.9. The molecule has 0 spiro atoms. The van der Waals surface area contributed by atoms with Gasteiger partial charge in [0.2, 0.25) is 0 Å². The quantitative estimate of drug-likeness (QED) is 0.770. The smallest absolute Gasteiger partial charge is 0.409 e. The molecular formula is C21H37N3O2. The summed E-state index contributed by atoms with van der Waals surface area (Å²) >= 11 is 0. The van der Waals surface area contributed by atoms with E-state index in [1.165, 1.54) is 64.6 Å². The number of hydrogen-bond donors (Lipinski definition) is 0. The summed E-state index contributed by atoms with van der Waals surface area (Å²) in [5, 5.41) is 0. The first kappa shape index (κ1) is 18.5. The van der Waals surface area contributed by atoms with Crippen LogP contribution in [0.4, 0.5) is 4.79 Å². The molecule has 0 N–H and O–H groups in total. The molecule has 4 rings (SSSR count). The number of piperidine rings is 1. The largest absolute Gasteiger partial charge is 0.450 e. The number of piperazine rings is 1. The molecular weight excluding hydrogens is 326 g/mol. The van der Waals surface area contributed by atoms with Gasteiger partial charge < -0.3 is 9.64 Å². The summed E-state index contributed by atoms with van der Waals surface area (Å²) in [5.41, 5.74) is 0. The van der Waals surface area contributed by atoms with Crippen LogP contribution in [0.25, 0.3) is 0 Å². The predicted octanol–water partition coefficient (Wildman–Crippen LogP) is 3.34. The lowest BCUT2D eigenvalue weighted by Gasteiger charge is -2.53. The number of hydrogen-bond acceptors (Lipinski definition) is 4. The molecule has 3 aliphatic heterocycles. The second kappa shape index (κ2) is 8.47. The second-order valence-corrected chi connectivity index (χ2v) is 8.79. The number of carbonyl (C=O) groups excluding carboxylic acids is 1. The third-order valence-electron chi connectivity index (χ3n) is 7.43. The van der Waals surface area contributed by atoms with Crippen LogP contribution in [0.5, 0.6) is 0 Å². The van der Waals surface area contributed by atoms with Crippen LogP contribution in [0, 0.1) is 5.92 Å². The summed E-state index contributed by atoms with van der Waals surface area (Å²) in [6.07, 6.45) is 12.1. The normalized spacial score (nSPS) is 32.6. The van der Waals surface area contributed by atoms with Gasteiger partial charge >= 0.3 is 6.09 Å². The van der Waals surface area contributed by atoms with Crippen molar-refractivity contribution in [2.75, 3.05) is 39.3 Å². The minimum absolute atomic E-state index is 0.115. The SMILES string of the molecule is CCOC(=O)N1CCC(N2CCN3CCC[C@@H]3[C@H]2C2CCCCC2)CC1. The minimum atomic E-state index is -0.115. The van der Waals surface area contributed by atoms with Crippen molar-refractivity contribution in [3.8, 4) is 0 Å². The molecule has 4 fully saturated rings. The maximum Gasteiger partial charge on any atom is 0.409 e. The molecule has 1 saturated carbocycles. The fraction of sp³-hybridized carbons (Fsp3) is 0.952. The van der Waals surface area contributed by atoms with E-state index in [0.29, 0.717) is 12.6 Å². The lowest BCUT2D eigenvalue weighted by Crippen LogP contribution is -2.64. The van der Waals surface area contributed by atoms with Crippen molar-refractivity contribution in [2.45, 2.75) is 82.8 Å². The van der Waals surface area contributed by atoms with Gasteiger partial charge in [-0.15, -0.1) is 0 Å². The number of nitrogens with zero attached hydrogens (tertiary/aromatic N) is 3. The Morgan fingerprint density at radius 3 is 2.38 bits per heavy atom.